The lowest BCUT2D eigenvalue weighted by Gasteiger charge is -2.33. The van der Waals surface area contributed by atoms with Gasteiger partial charge in [0.2, 0.25) is 0 Å². The number of nitrogens with zero attached hydrogens (tertiary/aromatic N) is 2. The van der Waals surface area contributed by atoms with Crippen molar-refractivity contribution in [2.45, 2.75) is 38.8 Å². The molecule has 1 aliphatic rings. The van der Waals surface area contributed by atoms with Gasteiger partial charge >= 0.3 is 0 Å². The van der Waals surface area contributed by atoms with Crippen LogP contribution in [-0.2, 0) is 16.6 Å². The number of hydrogen-bond acceptors (Lipinski definition) is 4. The molecule has 1 aromatic rings. The van der Waals surface area contributed by atoms with Gasteiger partial charge in [-0.05, 0) is 36.4 Å². The smallest absolute Gasteiger partial charge is 0.260 e. The van der Waals surface area contributed by atoms with Crippen LogP contribution in [0.1, 0.15) is 32.8 Å². The van der Waals surface area contributed by atoms with Crippen LogP contribution >= 0.6 is 0 Å². The van der Waals surface area contributed by atoms with Gasteiger partial charge in [0, 0.05) is 25.8 Å². The van der Waals surface area contributed by atoms with E-state index >= 15 is 0 Å². The number of sulfonamides is 1. The fourth-order valence-electron chi connectivity index (χ4n) is 2.87. The standard InChI is InChI=1S/C15H25N3O2S/c1-4-16-8-14-5-6-15(17-9-14)21(19,20)18-10-12(2)7-13(3)11-18/h5-6,9,12-13,16H,4,7-8,10-11H2,1-3H3. The first-order chi connectivity index (χ1) is 9.93. The maximum Gasteiger partial charge on any atom is 0.260 e. The summed E-state index contributed by atoms with van der Waals surface area (Å²) >= 11 is 0. The maximum absolute atomic E-state index is 12.7. The Labute approximate surface area is 127 Å². The summed E-state index contributed by atoms with van der Waals surface area (Å²) in [6, 6.07) is 3.45. The number of hydrogen-bond donors (Lipinski definition) is 1. The van der Waals surface area contributed by atoms with Crippen LogP contribution in [0.4, 0.5) is 0 Å². The van der Waals surface area contributed by atoms with Crippen molar-refractivity contribution in [1.29, 1.82) is 0 Å². The molecule has 1 fully saturated rings. The molecule has 0 aromatic carbocycles. The minimum Gasteiger partial charge on any atom is -0.313 e. The minimum absolute atomic E-state index is 0.157. The summed E-state index contributed by atoms with van der Waals surface area (Å²) in [7, 11) is -3.46. The Bertz CT molecular complexity index is 547. The highest BCUT2D eigenvalue weighted by Gasteiger charge is 2.32. The first-order valence-electron chi connectivity index (χ1n) is 7.59. The van der Waals surface area contributed by atoms with Crippen molar-refractivity contribution in [2.24, 2.45) is 11.8 Å². The molecule has 6 heteroatoms. The molecule has 1 aliphatic heterocycles. The lowest BCUT2D eigenvalue weighted by atomic mass is 9.94. The summed E-state index contributed by atoms with van der Waals surface area (Å²) in [5.41, 5.74) is 0.996. The summed E-state index contributed by atoms with van der Waals surface area (Å²) in [6.07, 6.45) is 2.73. The fourth-order valence-corrected chi connectivity index (χ4v) is 4.46. The maximum atomic E-state index is 12.7. The van der Waals surface area contributed by atoms with Crippen molar-refractivity contribution < 1.29 is 8.42 Å². The van der Waals surface area contributed by atoms with Crippen molar-refractivity contribution in [2.75, 3.05) is 19.6 Å². The molecule has 1 N–H and O–H groups in total. The monoisotopic (exact) mass is 311 g/mol. The van der Waals surface area contributed by atoms with Crippen molar-refractivity contribution in [3.05, 3.63) is 23.9 Å². The molecule has 0 bridgehead atoms. The van der Waals surface area contributed by atoms with Crippen LogP contribution in [0, 0.1) is 11.8 Å². The Morgan fingerprint density at radius 3 is 2.48 bits per heavy atom. The SMILES string of the molecule is CCNCc1ccc(S(=O)(=O)N2CC(C)CC(C)C2)nc1. The third-order valence-corrected chi connectivity index (χ3v) is 5.56. The molecule has 0 saturated carbocycles. The van der Waals surface area contributed by atoms with E-state index in [-0.39, 0.29) is 5.03 Å². The van der Waals surface area contributed by atoms with Gasteiger partial charge in [-0.2, -0.15) is 4.31 Å². The van der Waals surface area contributed by atoms with Crippen LogP contribution in [0.5, 0.6) is 0 Å². The molecule has 0 radical (unpaired) electrons. The molecule has 2 rings (SSSR count). The zero-order valence-electron chi connectivity index (χ0n) is 13.0. The summed E-state index contributed by atoms with van der Waals surface area (Å²) < 4.78 is 26.9. The molecule has 5 nitrogen and oxygen atoms in total. The lowest BCUT2D eigenvalue weighted by Crippen LogP contribution is -2.42. The molecule has 2 heterocycles. The molecular formula is C15H25N3O2S. The lowest BCUT2D eigenvalue weighted by molar-refractivity contribution is 0.222. The molecule has 2 unspecified atom stereocenters. The van der Waals surface area contributed by atoms with Gasteiger partial charge in [-0.25, -0.2) is 13.4 Å². The van der Waals surface area contributed by atoms with Crippen LogP contribution in [0.2, 0.25) is 0 Å². The van der Waals surface area contributed by atoms with Crippen LogP contribution in [-0.4, -0.2) is 37.3 Å². The van der Waals surface area contributed by atoms with E-state index in [0.29, 0.717) is 31.5 Å². The molecular weight excluding hydrogens is 286 g/mol. The molecule has 0 aliphatic carbocycles. The molecule has 21 heavy (non-hydrogen) atoms. The zero-order chi connectivity index (χ0) is 15.5. The van der Waals surface area contributed by atoms with E-state index in [2.05, 4.69) is 24.1 Å². The Morgan fingerprint density at radius 1 is 1.29 bits per heavy atom. The first kappa shape index (κ1) is 16.4. The summed E-state index contributed by atoms with van der Waals surface area (Å²) in [4.78, 5) is 4.16. The fraction of sp³-hybridized carbons (Fsp3) is 0.667. The highest BCUT2D eigenvalue weighted by Crippen LogP contribution is 2.25. The zero-order valence-corrected chi connectivity index (χ0v) is 13.9. The summed E-state index contributed by atoms with van der Waals surface area (Å²) in [5, 5.41) is 3.35. The van der Waals surface area contributed by atoms with E-state index < -0.39 is 10.0 Å². The van der Waals surface area contributed by atoms with Crippen LogP contribution in [0.3, 0.4) is 0 Å². The van der Waals surface area contributed by atoms with Crippen LogP contribution in [0.25, 0.3) is 0 Å². The van der Waals surface area contributed by atoms with Crippen LogP contribution in [0.15, 0.2) is 23.4 Å². The van der Waals surface area contributed by atoms with Crippen molar-refractivity contribution >= 4 is 10.0 Å². The van der Waals surface area contributed by atoms with Gasteiger partial charge in [0.1, 0.15) is 0 Å². The topological polar surface area (TPSA) is 62.3 Å². The predicted octanol–water partition coefficient (Wildman–Crippen LogP) is 1.86. The number of pyridine rings is 1. The highest BCUT2D eigenvalue weighted by molar-refractivity contribution is 7.89. The summed E-state index contributed by atoms with van der Waals surface area (Å²) in [5.74, 6) is 0.799. The van der Waals surface area contributed by atoms with E-state index in [4.69, 9.17) is 0 Å². The molecule has 0 amide bonds. The first-order valence-corrected chi connectivity index (χ1v) is 9.03. The van der Waals surface area contributed by atoms with Crippen molar-refractivity contribution in [1.82, 2.24) is 14.6 Å². The van der Waals surface area contributed by atoms with Gasteiger partial charge in [0.25, 0.3) is 10.0 Å². The Kier molecular flexibility index (Phi) is 5.35. The van der Waals surface area contributed by atoms with E-state index in [9.17, 15) is 8.42 Å². The van der Waals surface area contributed by atoms with E-state index in [1.807, 2.05) is 13.0 Å². The van der Waals surface area contributed by atoms with Gasteiger partial charge in [-0.1, -0.05) is 26.8 Å². The summed E-state index contributed by atoms with van der Waals surface area (Å²) in [6.45, 7) is 9.01. The van der Waals surface area contributed by atoms with E-state index in [1.54, 1.807) is 16.6 Å². The minimum atomic E-state index is -3.46. The van der Waals surface area contributed by atoms with Gasteiger partial charge in [-0.15, -0.1) is 0 Å². The van der Waals surface area contributed by atoms with Gasteiger partial charge in [0.05, 0.1) is 0 Å². The van der Waals surface area contributed by atoms with Crippen LogP contribution < -0.4 is 5.32 Å². The van der Waals surface area contributed by atoms with Crippen molar-refractivity contribution in [3.8, 4) is 0 Å². The average molecular weight is 311 g/mol. The Balaban J connectivity index is 2.15. The number of piperidine rings is 1. The quantitative estimate of drug-likeness (QED) is 0.901. The van der Waals surface area contributed by atoms with Crippen molar-refractivity contribution in [3.63, 3.8) is 0 Å². The molecule has 1 saturated heterocycles. The number of rotatable bonds is 5. The second-order valence-electron chi connectivity index (χ2n) is 6.05. The van der Waals surface area contributed by atoms with Gasteiger partial charge in [-0.3, -0.25) is 0 Å². The average Bonchev–Trinajstić information content (AvgIpc) is 2.44. The predicted molar refractivity (Wildman–Crippen MR) is 83.3 cm³/mol. The molecule has 1 aromatic heterocycles. The molecule has 0 spiro atoms. The third-order valence-electron chi connectivity index (χ3n) is 3.82. The Hall–Kier alpha value is -0.980. The second-order valence-corrected chi connectivity index (χ2v) is 7.94. The van der Waals surface area contributed by atoms with E-state index in [0.717, 1.165) is 18.5 Å². The molecule has 2 atom stereocenters. The molecule has 118 valence electrons. The van der Waals surface area contributed by atoms with E-state index in [1.165, 1.54) is 0 Å². The number of nitrogens with one attached hydrogen (secondary N) is 1. The third kappa shape index (κ3) is 4.02. The highest BCUT2D eigenvalue weighted by atomic mass is 32.2. The Morgan fingerprint density at radius 2 is 1.95 bits per heavy atom. The van der Waals surface area contributed by atoms with Gasteiger partial charge in [0.15, 0.2) is 5.03 Å². The van der Waals surface area contributed by atoms with Gasteiger partial charge < -0.3 is 5.32 Å². The second kappa shape index (κ2) is 6.85. The number of aromatic nitrogens is 1. The largest absolute Gasteiger partial charge is 0.313 e. The normalized spacial score (nSPS) is 24.1.